The van der Waals surface area contributed by atoms with Crippen LogP contribution in [0.25, 0.3) is 0 Å². The highest BCUT2D eigenvalue weighted by atomic mass is 79.9. The molecule has 0 aliphatic heterocycles. The number of hydrogen-bond donors (Lipinski definition) is 2. The number of hydrogen-bond acceptors (Lipinski definition) is 7. The second-order valence-corrected chi connectivity index (χ2v) is 9.38. The van der Waals surface area contributed by atoms with Crippen LogP contribution < -0.4 is 25.0 Å². The number of benzene rings is 3. The van der Waals surface area contributed by atoms with E-state index in [1.165, 1.54) is 26.5 Å². The van der Waals surface area contributed by atoms with Gasteiger partial charge in [-0.1, -0.05) is 33.6 Å². The van der Waals surface area contributed by atoms with Crippen molar-refractivity contribution < 1.29 is 28.6 Å². The fourth-order valence-corrected chi connectivity index (χ4v) is 4.50. The molecule has 0 atom stereocenters. The zero-order valence-corrected chi connectivity index (χ0v) is 23.3. The van der Waals surface area contributed by atoms with Crippen LogP contribution in [0.2, 0.25) is 0 Å². The van der Waals surface area contributed by atoms with Gasteiger partial charge in [0.1, 0.15) is 0 Å². The predicted octanol–water partition coefficient (Wildman–Crippen LogP) is 4.64. The van der Waals surface area contributed by atoms with Gasteiger partial charge in [0.05, 0.1) is 37.0 Å². The molecular weight excluding hydrogens is 610 g/mol. The smallest absolute Gasteiger partial charge is 0.343 e. The van der Waals surface area contributed by atoms with E-state index in [9.17, 15) is 14.4 Å². The fourth-order valence-electron chi connectivity index (χ4n) is 3.16. The van der Waals surface area contributed by atoms with Crippen molar-refractivity contribution in [3.63, 3.8) is 0 Å². The number of nitrogens with zero attached hydrogens (tertiary/aromatic N) is 1. The quantitative estimate of drug-likeness (QED) is 0.154. The summed E-state index contributed by atoms with van der Waals surface area (Å²) in [5.74, 6) is -0.464. The fraction of sp³-hybridized carbons (Fsp3) is 0.154. The highest BCUT2D eigenvalue weighted by molar-refractivity contribution is 9.11. The van der Waals surface area contributed by atoms with Crippen LogP contribution in [0, 0.1) is 6.92 Å². The number of aryl methyl sites for hydroxylation is 1. The average molecular weight is 633 g/mol. The van der Waals surface area contributed by atoms with Gasteiger partial charge in [0.25, 0.3) is 11.8 Å². The number of rotatable bonds is 9. The lowest BCUT2D eigenvalue weighted by atomic mass is 10.1. The van der Waals surface area contributed by atoms with E-state index in [-0.39, 0.29) is 12.3 Å². The van der Waals surface area contributed by atoms with Gasteiger partial charge in [-0.2, -0.15) is 5.10 Å². The van der Waals surface area contributed by atoms with Crippen molar-refractivity contribution in [1.82, 2.24) is 10.7 Å². The Morgan fingerprint density at radius 2 is 1.70 bits per heavy atom. The second kappa shape index (κ2) is 13.0. The van der Waals surface area contributed by atoms with Crippen molar-refractivity contribution in [2.75, 3.05) is 20.8 Å². The predicted molar refractivity (Wildman–Crippen MR) is 146 cm³/mol. The number of carbonyl (C=O) groups excluding carboxylic acids is 3. The van der Waals surface area contributed by atoms with E-state index >= 15 is 0 Å². The first kappa shape index (κ1) is 27.9. The van der Waals surface area contributed by atoms with Crippen LogP contribution in [0.15, 0.2) is 68.6 Å². The maximum atomic E-state index is 12.7. The average Bonchev–Trinajstić information content (AvgIpc) is 2.88. The van der Waals surface area contributed by atoms with Crippen molar-refractivity contribution in [3.8, 4) is 17.2 Å². The zero-order valence-electron chi connectivity index (χ0n) is 20.1. The minimum absolute atomic E-state index is 0.231. The summed E-state index contributed by atoms with van der Waals surface area (Å²) >= 11 is 6.78. The lowest BCUT2D eigenvalue weighted by Crippen LogP contribution is -2.34. The third-order valence-corrected chi connectivity index (χ3v) is 5.98. The number of ether oxygens (including phenoxy) is 3. The first-order valence-corrected chi connectivity index (χ1v) is 12.4. The molecule has 11 heteroatoms. The van der Waals surface area contributed by atoms with Crippen molar-refractivity contribution >= 4 is 55.9 Å². The Morgan fingerprint density at radius 1 is 0.946 bits per heavy atom. The van der Waals surface area contributed by atoms with Crippen LogP contribution >= 0.6 is 31.9 Å². The summed E-state index contributed by atoms with van der Waals surface area (Å²) in [5.41, 5.74) is 4.39. The molecule has 0 spiro atoms. The molecule has 37 heavy (non-hydrogen) atoms. The van der Waals surface area contributed by atoms with Crippen LogP contribution in [-0.4, -0.2) is 44.8 Å². The lowest BCUT2D eigenvalue weighted by molar-refractivity contribution is -0.120. The maximum Gasteiger partial charge on any atom is 0.343 e. The number of hydrazone groups is 1. The molecule has 3 aromatic carbocycles. The van der Waals surface area contributed by atoms with E-state index in [1.807, 2.05) is 13.0 Å². The topological polar surface area (TPSA) is 115 Å². The molecule has 0 saturated heterocycles. The number of esters is 1. The standard InChI is InChI=1S/C26H23Br2N3O6/c1-15-5-4-6-17(9-15)26(34)37-24-18(10-19(27)12-20(24)28)13-30-31-23(32)14-29-25(33)16-7-8-21(35-2)22(11-16)36-3/h4-13H,14H2,1-3H3,(H,29,33)(H,31,32)/b30-13-. The van der Waals surface area contributed by atoms with E-state index in [4.69, 9.17) is 14.2 Å². The molecule has 0 fully saturated rings. The van der Waals surface area contributed by atoms with Crippen molar-refractivity contribution in [3.05, 3.63) is 85.8 Å². The number of methoxy groups -OCH3 is 2. The van der Waals surface area contributed by atoms with E-state index in [0.29, 0.717) is 37.1 Å². The van der Waals surface area contributed by atoms with Crippen LogP contribution in [0.3, 0.4) is 0 Å². The number of halogens is 2. The zero-order chi connectivity index (χ0) is 26.9. The van der Waals surface area contributed by atoms with Gasteiger partial charge in [0.15, 0.2) is 17.2 Å². The van der Waals surface area contributed by atoms with Crippen LogP contribution in [0.5, 0.6) is 17.2 Å². The largest absolute Gasteiger partial charge is 0.493 e. The number of amides is 2. The molecule has 3 aromatic rings. The highest BCUT2D eigenvalue weighted by Gasteiger charge is 2.16. The molecule has 3 rings (SSSR count). The van der Waals surface area contributed by atoms with Gasteiger partial charge >= 0.3 is 5.97 Å². The third kappa shape index (κ3) is 7.64. The monoisotopic (exact) mass is 631 g/mol. The molecule has 2 N–H and O–H groups in total. The summed E-state index contributed by atoms with van der Waals surface area (Å²) in [4.78, 5) is 37.3. The van der Waals surface area contributed by atoms with Crippen molar-refractivity contribution in [2.24, 2.45) is 5.10 Å². The minimum Gasteiger partial charge on any atom is -0.493 e. The SMILES string of the molecule is COc1ccc(C(=O)NCC(=O)N/N=C\c2cc(Br)cc(Br)c2OC(=O)c2cccc(C)c2)cc1OC. The minimum atomic E-state index is -0.558. The Balaban J connectivity index is 1.64. The first-order chi connectivity index (χ1) is 17.7. The summed E-state index contributed by atoms with van der Waals surface area (Å²) in [7, 11) is 2.95. The summed E-state index contributed by atoms with van der Waals surface area (Å²) in [6.07, 6.45) is 1.34. The van der Waals surface area contributed by atoms with Crippen molar-refractivity contribution in [1.29, 1.82) is 0 Å². The molecule has 0 radical (unpaired) electrons. The maximum absolute atomic E-state index is 12.7. The molecule has 0 aliphatic rings. The van der Waals surface area contributed by atoms with E-state index in [0.717, 1.165) is 5.56 Å². The van der Waals surface area contributed by atoms with E-state index < -0.39 is 17.8 Å². The summed E-state index contributed by atoms with van der Waals surface area (Å²) in [6.45, 7) is 1.56. The van der Waals surface area contributed by atoms with Gasteiger partial charge in [-0.05, 0) is 65.3 Å². The van der Waals surface area contributed by atoms with Gasteiger partial charge < -0.3 is 19.5 Å². The number of carbonyl (C=O) groups is 3. The van der Waals surface area contributed by atoms with Crippen LogP contribution in [0.1, 0.15) is 31.8 Å². The van der Waals surface area contributed by atoms with Crippen LogP contribution in [-0.2, 0) is 4.79 Å². The molecule has 2 amide bonds. The van der Waals surface area contributed by atoms with Gasteiger partial charge in [0, 0.05) is 15.6 Å². The Kier molecular flexibility index (Phi) is 9.81. The highest BCUT2D eigenvalue weighted by Crippen LogP contribution is 2.33. The molecule has 0 heterocycles. The van der Waals surface area contributed by atoms with Gasteiger partial charge in [-0.3, -0.25) is 9.59 Å². The lowest BCUT2D eigenvalue weighted by Gasteiger charge is -2.11. The summed E-state index contributed by atoms with van der Waals surface area (Å²) < 4.78 is 17.2. The van der Waals surface area contributed by atoms with Gasteiger partial charge in [0.2, 0.25) is 0 Å². The Hall–Kier alpha value is -3.70. The molecule has 0 unspecified atom stereocenters. The van der Waals surface area contributed by atoms with Gasteiger partial charge in [-0.25, -0.2) is 10.2 Å². The molecule has 0 bridgehead atoms. The normalized spacial score (nSPS) is 10.6. The summed E-state index contributed by atoms with van der Waals surface area (Å²) in [5, 5.41) is 6.44. The third-order valence-electron chi connectivity index (χ3n) is 4.93. The molecule has 9 nitrogen and oxygen atoms in total. The van der Waals surface area contributed by atoms with Crippen LogP contribution in [0.4, 0.5) is 0 Å². The molecular formula is C26H23Br2N3O6. The van der Waals surface area contributed by atoms with E-state index in [1.54, 1.807) is 42.5 Å². The molecule has 0 aromatic heterocycles. The Morgan fingerprint density at radius 3 is 2.41 bits per heavy atom. The second-order valence-electron chi connectivity index (χ2n) is 7.61. The molecule has 192 valence electrons. The Labute approximate surface area is 230 Å². The van der Waals surface area contributed by atoms with Gasteiger partial charge in [-0.15, -0.1) is 0 Å². The van der Waals surface area contributed by atoms with E-state index in [2.05, 4.69) is 47.7 Å². The molecule has 0 saturated carbocycles. The molecule has 0 aliphatic carbocycles. The summed E-state index contributed by atoms with van der Waals surface area (Å²) in [6, 6.07) is 15.1. The Bertz CT molecular complexity index is 1360. The number of nitrogens with one attached hydrogen (secondary N) is 2. The first-order valence-electron chi connectivity index (χ1n) is 10.8. The van der Waals surface area contributed by atoms with Crippen molar-refractivity contribution in [2.45, 2.75) is 6.92 Å².